The third-order valence-corrected chi connectivity index (χ3v) is 4.02. The fourth-order valence-electron chi connectivity index (χ4n) is 2.06. The second-order valence-corrected chi connectivity index (χ2v) is 5.53. The van der Waals surface area contributed by atoms with Gasteiger partial charge in [-0.2, -0.15) is 0 Å². The number of halogens is 2. The average Bonchev–Trinajstić information content (AvgIpc) is 2.41. The first kappa shape index (κ1) is 13.5. The quantitative estimate of drug-likeness (QED) is 0.648. The van der Waals surface area contributed by atoms with Crippen molar-refractivity contribution in [3.63, 3.8) is 0 Å². The lowest BCUT2D eigenvalue weighted by atomic mass is 9.94. The molecule has 2 unspecified atom stereocenters. The van der Waals surface area contributed by atoms with Crippen molar-refractivity contribution in [3.8, 4) is 0 Å². The van der Waals surface area contributed by atoms with Crippen LogP contribution in [-0.4, -0.2) is 0 Å². The Morgan fingerprint density at radius 1 is 0.944 bits per heavy atom. The van der Waals surface area contributed by atoms with E-state index in [1.165, 1.54) is 11.1 Å². The predicted octanol–water partition coefficient (Wildman–Crippen LogP) is 5.50. The highest BCUT2D eigenvalue weighted by Crippen LogP contribution is 2.31. The summed E-state index contributed by atoms with van der Waals surface area (Å²) in [4.78, 5) is 0. The van der Waals surface area contributed by atoms with Gasteiger partial charge in [0.15, 0.2) is 0 Å². The van der Waals surface area contributed by atoms with E-state index in [1.807, 2.05) is 30.3 Å². The molecule has 0 saturated carbocycles. The molecule has 2 heteroatoms. The van der Waals surface area contributed by atoms with E-state index in [0.717, 1.165) is 11.4 Å². The van der Waals surface area contributed by atoms with Crippen LogP contribution < -0.4 is 0 Å². The van der Waals surface area contributed by atoms with E-state index in [4.69, 9.17) is 23.2 Å². The van der Waals surface area contributed by atoms with Gasteiger partial charge < -0.3 is 0 Å². The summed E-state index contributed by atoms with van der Waals surface area (Å²) in [7, 11) is 0. The number of hydrogen-bond acceptors (Lipinski definition) is 0. The molecule has 0 aliphatic heterocycles. The zero-order valence-corrected chi connectivity index (χ0v) is 11.8. The van der Waals surface area contributed by atoms with Crippen molar-refractivity contribution in [2.75, 3.05) is 0 Å². The first-order chi connectivity index (χ1) is 8.66. The van der Waals surface area contributed by atoms with Crippen LogP contribution in [0.25, 0.3) is 0 Å². The van der Waals surface area contributed by atoms with Gasteiger partial charge in [0.1, 0.15) is 0 Å². The van der Waals surface area contributed by atoms with Crippen LogP contribution in [0.1, 0.15) is 23.4 Å². The fraction of sp³-hybridized carbons (Fsp3) is 0.250. The lowest BCUT2D eigenvalue weighted by Crippen LogP contribution is -2.07. The molecule has 94 valence electrons. The summed E-state index contributed by atoms with van der Waals surface area (Å²) in [5.74, 6) is 0.384. The van der Waals surface area contributed by atoms with Gasteiger partial charge in [-0.15, -0.1) is 11.6 Å². The van der Waals surface area contributed by atoms with Crippen LogP contribution in [0.15, 0.2) is 54.6 Å². The minimum Gasteiger partial charge on any atom is -0.118 e. The van der Waals surface area contributed by atoms with E-state index < -0.39 is 0 Å². The van der Waals surface area contributed by atoms with Crippen molar-refractivity contribution in [1.29, 1.82) is 0 Å². The van der Waals surface area contributed by atoms with Gasteiger partial charge in [0.05, 0.1) is 5.38 Å². The molecule has 0 radical (unpaired) electrons. The Balaban J connectivity index is 2.03. The van der Waals surface area contributed by atoms with Crippen LogP contribution in [0.3, 0.4) is 0 Å². The number of alkyl halides is 1. The van der Waals surface area contributed by atoms with Gasteiger partial charge in [-0.25, -0.2) is 0 Å². The summed E-state index contributed by atoms with van der Waals surface area (Å²) in [5.41, 5.74) is 2.45. The molecule has 2 atom stereocenters. The molecule has 0 amide bonds. The Labute approximate surface area is 119 Å². The van der Waals surface area contributed by atoms with Gasteiger partial charge in [-0.3, -0.25) is 0 Å². The minimum absolute atomic E-state index is 0.0434. The maximum absolute atomic E-state index is 6.51. The van der Waals surface area contributed by atoms with Crippen molar-refractivity contribution < 1.29 is 0 Å². The summed E-state index contributed by atoms with van der Waals surface area (Å²) in [6.07, 6.45) is 0.959. The summed E-state index contributed by atoms with van der Waals surface area (Å²) >= 11 is 12.4. The third-order valence-electron chi connectivity index (χ3n) is 3.09. The Hall–Kier alpha value is -0.980. The molecular weight excluding hydrogens is 263 g/mol. The molecule has 2 aromatic carbocycles. The Morgan fingerprint density at radius 2 is 1.56 bits per heavy atom. The first-order valence-electron chi connectivity index (χ1n) is 6.10. The molecule has 0 fully saturated rings. The molecule has 0 aromatic heterocycles. The smallest absolute Gasteiger partial charge is 0.0613 e. The summed E-state index contributed by atoms with van der Waals surface area (Å²) in [5, 5.41) is 0.818. The standard InChI is InChI=1S/C16H16Cl2/c1-12(11-13-7-9-15(17)10-8-13)16(18)14-5-3-2-4-6-14/h2-10,12,16H,11H2,1H3. The maximum Gasteiger partial charge on any atom is 0.0613 e. The molecule has 0 heterocycles. The van der Waals surface area contributed by atoms with Crippen LogP contribution in [0.4, 0.5) is 0 Å². The number of benzene rings is 2. The Kier molecular flexibility index (Phi) is 4.68. The highest BCUT2D eigenvalue weighted by Gasteiger charge is 2.16. The molecule has 0 saturated heterocycles. The second kappa shape index (κ2) is 6.26. The number of rotatable bonds is 4. The van der Waals surface area contributed by atoms with Gasteiger partial charge in [-0.1, -0.05) is 61.0 Å². The summed E-state index contributed by atoms with van der Waals surface area (Å²) in [6.45, 7) is 2.18. The van der Waals surface area contributed by atoms with Gasteiger partial charge >= 0.3 is 0 Å². The Bertz CT molecular complexity index is 476. The van der Waals surface area contributed by atoms with Gasteiger partial charge in [-0.05, 0) is 35.6 Å². The molecule has 0 aliphatic carbocycles. The lowest BCUT2D eigenvalue weighted by Gasteiger charge is -2.18. The first-order valence-corrected chi connectivity index (χ1v) is 6.91. The topological polar surface area (TPSA) is 0 Å². The van der Waals surface area contributed by atoms with Crippen LogP contribution in [0.2, 0.25) is 5.02 Å². The van der Waals surface area contributed by atoms with Crippen LogP contribution >= 0.6 is 23.2 Å². The lowest BCUT2D eigenvalue weighted by molar-refractivity contribution is 0.558. The van der Waals surface area contributed by atoms with Crippen LogP contribution in [0, 0.1) is 5.92 Å². The minimum atomic E-state index is 0.0434. The highest BCUT2D eigenvalue weighted by atomic mass is 35.5. The van der Waals surface area contributed by atoms with Crippen molar-refractivity contribution in [3.05, 3.63) is 70.7 Å². The molecule has 2 aromatic rings. The van der Waals surface area contributed by atoms with Crippen LogP contribution in [0.5, 0.6) is 0 Å². The van der Waals surface area contributed by atoms with E-state index in [2.05, 4.69) is 31.2 Å². The normalized spacial score (nSPS) is 14.2. The monoisotopic (exact) mass is 278 g/mol. The third kappa shape index (κ3) is 3.51. The predicted molar refractivity (Wildman–Crippen MR) is 79.4 cm³/mol. The molecule has 2 rings (SSSR count). The zero-order valence-electron chi connectivity index (χ0n) is 10.3. The van der Waals surface area contributed by atoms with Gasteiger partial charge in [0.25, 0.3) is 0 Å². The Morgan fingerprint density at radius 3 is 2.17 bits per heavy atom. The zero-order chi connectivity index (χ0) is 13.0. The largest absolute Gasteiger partial charge is 0.118 e. The highest BCUT2D eigenvalue weighted by molar-refractivity contribution is 6.30. The van der Waals surface area contributed by atoms with Crippen LogP contribution in [-0.2, 0) is 6.42 Å². The maximum atomic E-state index is 6.51. The van der Waals surface area contributed by atoms with Crippen molar-refractivity contribution in [2.45, 2.75) is 18.7 Å². The van der Waals surface area contributed by atoms with Gasteiger partial charge in [0.2, 0.25) is 0 Å². The van der Waals surface area contributed by atoms with Gasteiger partial charge in [0, 0.05) is 5.02 Å². The van der Waals surface area contributed by atoms with Crippen molar-refractivity contribution in [2.24, 2.45) is 5.92 Å². The van der Waals surface area contributed by atoms with Crippen molar-refractivity contribution in [1.82, 2.24) is 0 Å². The molecule has 0 N–H and O–H groups in total. The molecule has 0 bridgehead atoms. The molecule has 18 heavy (non-hydrogen) atoms. The molecule has 0 spiro atoms. The molecular formula is C16H16Cl2. The average molecular weight is 279 g/mol. The summed E-state index contributed by atoms with van der Waals surface area (Å²) < 4.78 is 0. The summed E-state index contributed by atoms with van der Waals surface area (Å²) in [6, 6.07) is 18.2. The number of hydrogen-bond donors (Lipinski definition) is 0. The molecule has 0 nitrogen and oxygen atoms in total. The SMILES string of the molecule is CC(Cc1ccc(Cl)cc1)C(Cl)c1ccccc1. The fourth-order valence-corrected chi connectivity index (χ4v) is 2.42. The van der Waals surface area contributed by atoms with E-state index in [9.17, 15) is 0 Å². The van der Waals surface area contributed by atoms with E-state index in [-0.39, 0.29) is 5.38 Å². The van der Waals surface area contributed by atoms with E-state index in [1.54, 1.807) is 0 Å². The molecule has 0 aliphatic rings. The van der Waals surface area contributed by atoms with E-state index >= 15 is 0 Å². The second-order valence-electron chi connectivity index (χ2n) is 4.62. The van der Waals surface area contributed by atoms with Crippen molar-refractivity contribution >= 4 is 23.2 Å². The van der Waals surface area contributed by atoms with E-state index in [0.29, 0.717) is 5.92 Å².